The highest BCUT2D eigenvalue weighted by molar-refractivity contribution is 5.93. The van der Waals surface area contributed by atoms with E-state index in [-0.39, 0.29) is 11.6 Å². The maximum atomic E-state index is 16.0. The van der Waals surface area contributed by atoms with Gasteiger partial charge in [-0.3, -0.25) is 0 Å². The number of rotatable bonds is 8. The lowest BCUT2D eigenvalue weighted by Crippen LogP contribution is -2.03. The summed E-state index contributed by atoms with van der Waals surface area (Å²) in [5.74, 6) is -0.389. The summed E-state index contributed by atoms with van der Waals surface area (Å²) in [5, 5.41) is 1.74. The Bertz CT molecular complexity index is 1210. The van der Waals surface area contributed by atoms with Gasteiger partial charge in [0.15, 0.2) is 0 Å². The van der Waals surface area contributed by atoms with Gasteiger partial charge in [0.2, 0.25) is 0 Å². The van der Waals surface area contributed by atoms with Gasteiger partial charge in [-0.1, -0.05) is 87.4 Å². The maximum absolute atomic E-state index is 16.0. The summed E-state index contributed by atoms with van der Waals surface area (Å²) in [4.78, 5) is 0. The molecule has 0 radical (unpaired) electrons. The SMILES string of the molecule is CCCCc1c(-c2ccc(-c3cccc(F)c3)cc2)c(F)c2ccccc2c1CCCC. The zero-order chi connectivity index (χ0) is 22.5. The van der Waals surface area contributed by atoms with Crippen molar-refractivity contribution in [2.75, 3.05) is 0 Å². The van der Waals surface area contributed by atoms with Crippen LogP contribution in [0, 0.1) is 11.6 Å². The summed E-state index contributed by atoms with van der Waals surface area (Å²) in [5.41, 5.74) is 5.81. The first-order chi connectivity index (χ1) is 15.6. The highest BCUT2D eigenvalue weighted by atomic mass is 19.1. The lowest BCUT2D eigenvalue weighted by molar-refractivity contribution is 0.628. The van der Waals surface area contributed by atoms with E-state index in [0.717, 1.165) is 71.7 Å². The van der Waals surface area contributed by atoms with Crippen LogP contribution in [0.2, 0.25) is 0 Å². The Balaban J connectivity index is 1.89. The summed E-state index contributed by atoms with van der Waals surface area (Å²) >= 11 is 0. The second-order valence-electron chi connectivity index (χ2n) is 8.49. The lowest BCUT2D eigenvalue weighted by atomic mass is 9.85. The van der Waals surface area contributed by atoms with E-state index in [0.29, 0.717) is 5.39 Å². The van der Waals surface area contributed by atoms with Crippen molar-refractivity contribution in [3.8, 4) is 22.3 Å². The second kappa shape index (κ2) is 10.1. The van der Waals surface area contributed by atoms with Gasteiger partial charge in [0.25, 0.3) is 0 Å². The molecule has 0 heterocycles. The first-order valence-electron chi connectivity index (χ1n) is 11.7. The van der Waals surface area contributed by atoms with Crippen molar-refractivity contribution >= 4 is 10.8 Å². The molecule has 0 bridgehead atoms. The van der Waals surface area contributed by atoms with Gasteiger partial charge in [0.1, 0.15) is 11.6 Å². The first kappa shape index (κ1) is 22.2. The first-order valence-corrected chi connectivity index (χ1v) is 11.7. The van der Waals surface area contributed by atoms with Crippen molar-refractivity contribution in [3.63, 3.8) is 0 Å². The molecule has 0 saturated heterocycles. The van der Waals surface area contributed by atoms with Gasteiger partial charge in [-0.15, -0.1) is 0 Å². The van der Waals surface area contributed by atoms with E-state index in [4.69, 9.17) is 0 Å². The van der Waals surface area contributed by atoms with Crippen LogP contribution >= 0.6 is 0 Å². The molecule has 164 valence electrons. The van der Waals surface area contributed by atoms with Crippen LogP contribution in [-0.4, -0.2) is 0 Å². The van der Waals surface area contributed by atoms with E-state index in [2.05, 4.69) is 19.9 Å². The molecule has 4 rings (SSSR count). The molecule has 4 aromatic carbocycles. The fraction of sp³-hybridized carbons (Fsp3) is 0.267. The van der Waals surface area contributed by atoms with E-state index in [1.165, 1.54) is 17.7 Å². The third kappa shape index (κ3) is 4.46. The maximum Gasteiger partial charge on any atom is 0.139 e. The molecular weight excluding hydrogens is 398 g/mol. The second-order valence-corrected chi connectivity index (χ2v) is 8.49. The molecule has 0 aliphatic carbocycles. The molecule has 0 amide bonds. The van der Waals surface area contributed by atoms with E-state index in [9.17, 15) is 4.39 Å². The third-order valence-corrected chi connectivity index (χ3v) is 6.27. The topological polar surface area (TPSA) is 0 Å². The predicted molar refractivity (Wildman–Crippen MR) is 132 cm³/mol. The van der Waals surface area contributed by atoms with Gasteiger partial charge >= 0.3 is 0 Å². The number of aryl methyl sites for hydroxylation is 1. The fourth-order valence-electron chi connectivity index (χ4n) is 4.59. The monoisotopic (exact) mass is 428 g/mol. The van der Waals surface area contributed by atoms with Crippen molar-refractivity contribution in [3.05, 3.63) is 95.6 Å². The number of fused-ring (bicyclic) bond motifs is 1. The zero-order valence-corrected chi connectivity index (χ0v) is 18.9. The molecule has 0 nitrogen and oxygen atoms in total. The van der Waals surface area contributed by atoms with Gasteiger partial charge in [-0.05, 0) is 71.0 Å². The Morgan fingerprint density at radius 1 is 0.594 bits per heavy atom. The number of halogens is 2. The van der Waals surface area contributed by atoms with E-state index in [1.807, 2.05) is 48.5 Å². The largest absolute Gasteiger partial charge is 0.207 e. The van der Waals surface area contributed by atoms with Gasteiger partial charge in [-0.2, -0.15) is 0 Å². The molecule has 0 spiro atoms. The number of hydrogen-bond acceptors (Lipinski definition) is 0. The molecule has 4 aromatic rings. The minimum atomic E-state index is -0.255. The van der Waals surface area contributed by atoms with Gasteiger partial charge < -0.3 is 0 Å². The summed E-state index contributed by atoms with van der Waals surface area (Å²) in [6, 6.07) is 22.4. The average molecular weight is 429 g/mol. The van der Waals surface area contributed by atoms with Crippen LogP contribution in [-0.2, 0) is 12.8 Å². The molecule has 0 atom stereocenters. The molecule has 32 heavy (non-hydrogen) atoms. The molecule has 0 aliphatic rings. The molecule has 2 heteroatoms. The van der Waals surface area contributed by atoms with Crippen molar-refractivity contribution in [1.29, 1.82) is 0 Å². The molecular formula is C30H30F2. The Morgan fingerprint density at radius 3 is 1.88 bits per heavy atom. The smallest absolute Gasteiger partial charge is 0.139 e. The lowest BCUT2D eigenvalue weighted by Gasteiger charge is -2.20. The van der Waals surface area contributed by atoms with Crippen LogP contribution in [0.1, 0.15) is 50.7 Å². The number of hydrogen-bond donors (Lipinski definition) is 0. The number of benzene rings is 4. The standard InChI is InChI=1S/C30H30F2/c1-3-5-12-25-26-14-7-8-15-28(26)30(32)29(27(25)13-6-4-2)22-18-16-21(17-19-22)23-10-9-11-24(31)20-23/h7-11,14-20H,3-6,12-13H2,1-2H3. The zero-order valence-electron chi connectivity index (χ0n) is 18.9. The summed E-state index contributed by atoms with van der Waals surface area (Å²) in [6.45, 7) is 4.38. The van der Waals surface area contributed by atoms with Crippen molar-refractivity contribution in [1.82, 2.24) is 0 Å². The van der Waals surface area contributed by atoms with Crippen molar-refractivity contribution in [2.45, 2.75) is 52.4 Å². The van der Waals surface area contributed by atoms with Crippen LogP contribution in [0.4, 0.5) is 8.78 Å². The van der Waals surface area contributed by atoms with Crippen molar-refractivity contribution < 1.29 is 8.78 Å². The van der Waals surface area contributed by atoms with Crippen LogP contribution in [0.25, 0.3) is 33.0 Å². The molecule has 0 saturated carbocycles. The third-order valence-electron chi connectivity index (χ3n) is 6.27. The van der Waals surface area contributed by atoms with Crippen LogP contribution in [0.15, 0.2) is 72.8 Å². The summed E-state index contributed by atoms with van der Waals surface area (Å²) in [6.07, 6.45) is 6.14. The van der Waals surface area contributed by atoms with Gasteiger partial charge in [0.05, 0.1) is 0 Å². The average Bonchev–Trinajstić information content (AvgIpc) is 2.82. The van der Waals surface area contributed by atoms with Crippen LogP contribution in [0.5, 0.6) is 0 Å². The molecule has 0 unspecified atom stereocenters. The van der Waals surface area contributed by atoms with E-state index >= 15 is 4.39 Å². The highest BCUT2D eigenvalue weighted by Crippen LogP contribution is 2.38. The van der Waals surface area contributed by atoms with Gasteiger partial charge in [-0.25, -0.2) is 8.78 Å². The molecule has 0 fully saturated rings. The predicted octanol–water partition coefficient (Wildman–Crippen LogP) is 9.14. The normalized spacial score (nSPS) is 11.2. The number of unbranched alkanes of at least 4 members (excludes halogenated alkanes) is 2. The summed E-state index contributed by atoms with van der Waals surface area (Å²) < 4.78 is 29.6. The Hall–Kier alpha value is -3.00. The molecule has 0 N–H and O–H groups in total. The minimum Gasteiger partial charge on any atom is -0.207 e. The van der Waals surface area contributed by atoms with Crippen molar-refractivity contribution in [2.24, 2.45) is 0 Å². The van der Waals surface area contributed by atoms with Crippen LogP contribution in [0.3, 0.4) is 0 Å². The fourth-order valence-corrected chi connectivity index (χ4v) is 4.59. The van der Waals surface area contributed by atoms with E-state index in [1.54, 1.807) is 6.07 Å². The van der Waals surface area contributed by atoms with E-state index < -0.39 is 0 Å². The quantitative estimate of drug-likeness (QED) is 0.262. The Kier molecular flexibility index (Phi) is 6.99. The molecule has 0 aromatic heterocycles. The Morgan fingerprint density at radius 2 is 1.22 bits per heavy atom. The minimum absolute atomic E-state index is 0.134. The van der Waals surface area contributed by atoms with Gasteiger partial charge in [0, 0.05) is 10.9 Å². The Labute approximate surface area is 189 Å². The molecule has 0 aliphatic heterocycles. The highest BCUT2D eigenvalue weighted by Gasteiger charge is 2.20. The summed E-state index contributed by atoms with van der Waals surface area (Å²) in [7, 11) is 0. The van der Waals surface area contributed by atoms with Crippen LogP contribution < -0.4 is 0 Å².